The van der Waals surface area contributed by atoms with E-state index >= 15 is 0 Å². The van der Waals surface area contributed by atoms with E-state index in [4.69, 9.17) is 9.47 Å². The van der Waals surface area contributed by atoms with Crippen molar-refractivity contribution < 1.29 is 13.7 Å². The van der Waals surface area contributed by atoms with Crippen LogP contribution in [0.4, 0.5) is 0 Å². The van der Waals surface area contributed by atoms with Crippen molar-refractivity contribution in [1.29, 1.82) is 0 Å². The first-order chi connectivity index (χ1) is 9.81. The maximum Gasteiger partial charge on any atom is 0.162 e. The minimum atomic E-state index is -0.910. The van der Waals surface area contributed by atoms with Crippen LogP contribution in [0.1, 0.15) is 37.3 Å². The maximum atomic E-state index is 12.3. The summed E-state index contributed by atoms with van der Waals surface area (Å²) < 4.78 is 23.8. The van der Waals surface area contributed by atoms with E-state index in [-0.39, 0.29) is 0 Å². The van der Waals surface area contributed by atoms with Gasteiger partial charge in [0, 0.05) is 35.2 Å². The van der Waals surface area contributed by atoms with Gasteiger partial charge < -0.3 is 14.8 Å². The molecule has 4 rings (SSSR count). The first kappa shape index (κ1) is 12.7. The molecule has 20 heavy (non-hydrogen) atoms. The second kappa shape index (κ2) is 5.04. The van der Waals surface area contributed by atoms with Crippen molar-refractivity contribution in [2.75, 3.05) is 19.0 Å². The summed E-state index contributed by atoms with van der Waals surface area (Å²) in [6, 6.07) is 4.95. The average molecular weight is 293 g/mol. The summed E-state index contributed by atoms with van der Waals surface area (Å²) in [5.74, 6) is 2.29. The lowest BCUT2D eigenvalue weighted by molar-refractivity contribution is 0.296. The van der Waals surface area contributed by atoms with Crippen LogP contribution in [0.15, 0.2) is 17.0 Å². The van der Waals surface area contributed by atoms with Gasteiger partial charge in [-0.15, -0.1) is 0 Å². The molecular weight excluding hydrogens is 274 g/mol. The van der Waals surface area contributed by atoms with Gasteiger partial charge in [-0.2, -0.15) is 0 Å². The van der Waals surface area contributed by atoms with Crippen molar-refractivity contribution in [3.8, 4) is 11.5 Å². The van der Waals surface area contributed by atoms with E-state index in [1.165, 1.54) is 12.8 Å². The molecule has 4 nitrogen and oxygen atoms in total. The Bertz CT molecular complexity index is 556. The fourth-order valence-electron chi connectivity index (χ4n) is 2.87. The van der Waals surface area contributed by atoms with Crippen LogP contribution in [0.2, 0.25) is 0 Å². The third kappa shape index (κ3) is 2.33. The van der Waals surface area contributed by atoms with Crippen LogP contribution in [-0.2, 0) is 10.8 Å². The highest BCUT2D eigenvalue weighted by Crippen LogP contribution is 2.40. The van der Waals surface area contributed by atoms with Gasteiger partial charge in [-0.05, 0) is 30.9 Å². The van der Waals surface area contributed by atoms with E-state index in [1.54, 1.807) is 0 Å². The summed E-state index contributed by atoms with van der Waals surface area (Å²) >= 11 is 0. The Balaban J connectivity index is 1.74. The molecule has 1 fully saturated rings. The van der Waals surface area contributed by atoms with E-state index in [1.807, 2.05) is 12.1 Å². The molecule has 2 unspecified atom stereocenters. The quantitative estimate of drug-likeness (QED) is 0.907. The van der Waals surface area contributed by atoms with Crippen LogP contribution in [0.5, 0.6) is 11.5 Å². The summed E-state index contributed by atoms with van der Waals surface area (Å²) in [4.78, 5) is 0.929. The predicted molar refractivity (Wildman–Crippen MR) is 76.8 cm³/mol. The van der Waals surface area contributed by atoms with Crippen molar-refractivity contribution in [3.63, 3.8) is 0 Å². The predicted octanol–water partition coefficient (Wildman–Crippen LogP) is 2.15. The third-order valence-corrected chi connectivity index (χ3v) is 5.56. The van der Waals surface area contributed by atoms with Crippen LogP contribution < -0.4 is 14.8 Å². The number of rotatable bonds is 2. The molecule has 1 aromatic rings. The molecule has 0 saturated heterocycles. The lowest BCUT2D eigenvalue weighted by atomic mass is 10.0. The normalized spacial score (nSPS) is 28.6. The molecular formula is C15H19NO3S. The molecule has 5 heteroatoms. The molecule has 0 spiro atoms. The Hall–Kier alpha value is -1.07. The summed E-state index contributed by atoms with van der Waals surface area (Å²) in [6.07, 6.45) is 4.36. The molecule has 0 amide bonds. The van der Waals surface area contributed by atoms with Crippen LogP contribution in [0.25, 0.3) is 0 Å². The molecule has 108 valence electrons. The molecule has 3 aliphatic rings. The molecule has 0 radical (unpaired) electrons. The van der Waals surface area contributed by atoms with Gasteiger partial charge >= 0.3 is 0 Å². The summed E-state index contributed by atoms with van der Waals surface area (Å²) in [5, 5.41) is 3.66. The lowest BCUT2D eigenvalue weighted by Crippen LogP contribution is -2.29. The van der Waals surface area contributed by atoms with Gasteiger partial charge in [-0.3, -0.25) is 4.21 Å². The number of benzene rings is 1. The Labute approximate surface area is 121 Å². The van der Waals surface area contributed by atoms with Gasteiger partial charge in [0.1, 0.15) is 0 Å². The van der Waals surface area contributed by atoms with Crippen molar-refractivity contribution >= 4 is 10.8 Å². The number of hydrogen-bond acceptors (Lipinski definition) is 4. The zero-order chi connectivity index (χ0) is 13.5. The van der Waals surface area contributed by atoms with E-state index in [9.17, 15) is 4.21 Å². The molecule has 2 atom stereocenters. The smallest absolute Gasteiger partial charge is 0.162 e. The minimum Gasteiger partial charge on any atom is -0.490 e. The second-order valence-electron chi connectivity index (χ2n) is 5.72. The lowest BCUT2D eigenvalue weighted by Gasteiger charge is -2.27. The van der Waals surface area contributed by atoms with Gasteiger partial charge in [-0.1, -0.05) is 0 Å². The molecule has 1 saturated carbocycles. The molecule has 1 aliphatic carbocycles. The Kier molecular flexibility index (Phi) is 3.19. The zero-order valence-corrected chi connectivity index (χ0v) is 12.2. The van der Waals surface area contributed by atoms with E-state index in [0.717, 1.165) is 40.6 Å². The number of ether oxygens (including phenoxy) is 2. The van der Waals surface area contributed by atoms with Crippen LogP contribution in [-0.4, -0.2) is 29.2 Å². The monoisotopic (exact) mass is 293 g/mol. The number of nitrogens with one attached hydrogen (secondary N) is 1. The van der Waals surface area contributed by atoms with Gasteiger partial charge in [0.05, 0.1) is 24.0 Å². The molecule has 1 aromatic carbocycles. The Morgan fingerprint density at radius 3 is 2.60 bits per heavy atom. The molecule has 1 N–H and O–H groups in total. The highest BCUT2D eigenvalue weighted by molar-refractivity contribution is 7.85. The zero-order valence-electron chi connectivity index (χ0n) is 11.4. The van der Waals surface area contributed by atoms with Crippen molar-refractivity contribution in [2.24, 2.45) is 0 Å². The highest BCUT2D eigenvalue weighted by atomic mass is 32.2. The first-order valence-electron chi connectivity index (χ1n) is 7.39. The van der Waals surface area contributed by atoms with Crippen molar-refractivity contribution in [2.45, 2.75) is 42.7 Å². The largest absolute Gasteiger partial charge is 0.490 e. The SMILES string of the molecule is O=S1CCC(NC2CC2)c2cc3c(cc21)OCCCO3. The fraction of sp³-hybridized carbons (Fsp3) is 0.600. The standard InChI is InChI=1S/C15H19NO3S/c17-20-7-4-12(16-10-2-3-10)11-8-13-14(9-15(11)20)19-6-1-5-18-13/h8-10,12,16H,1-7H2. The van der Waals surface area contributed by atoms with Crippen molar-refractivity contribution in [3.05, 3.63) is 17.7 Å². The third-order valence-electron chi connectivity index (χ3n) is 4.11. The number of fused-ring (bicyclic) bond motifs is 2. The van der Waals surface area contributed by atoms with Crippen LogP contribution in [0.3, 0.4) is 0 Å². The molecule has 0 aromatic heterocycles. The minimum absolute atomic E-state index is 0.312. The Morgan fingerprint density at radius 2 is 1.85 bits per heavy atom. The molecule has 2 aliphatic heterocycles. The van der Waals surface area contributed by atoms with Gasteiger partial charge in [0.25, 0.3) is 0 Å². The summed E-state index contributed by atoms with van der Waals surface area (Å²) in [7, 11) is -0.910. The second-order valence-corrected chi connectivity index (χ2v) is 7.26. The van der Waals surface area contributed by atoms with Crippen molar-refractivity contribution in [1.82, 2.24) is 5.32 Å². The summed E-state index contributed by atoms with van der Waals surface area (Å²) in [5.41, 5.74) is 1.14. The Morgan fingerprint density at radius 1 is 1.10 bits per heavy atom. The van der Waals surface area contributed by atoms with E-state index < -0.39 is 10.8 Å². The average Bonchev–Trinajstić information content (AvgIpc) is 3.27. The fourth-order valence-corrected chi connectivity index (χ4v) is 4.25. The van der Waals surface area contributed by atoms with Crippen LogP contribution in [0, 0.1) is 0 Å². The highest BCUT2D eigenvalue weighted by Gasteiger charge is 2.32. The topological polar surface area (TPSA) is 47.6 Å². The van der Waals surface area contributed by atoms with E-state index in [0.29, 0.717) is 25.3 Å². The maximum absolute atomic E-state index is 12.3. The van der Waals surface area contributed by atoms with E-state index in [2.05, 4.69) is 5.32 Å². The molecule has 0 bridgehead atoms. The van der Waals surface area contributed by atoms with Gasteiger partial charge in [0.2, 0.25) is 0 Å². The van der Waals surface area contributed by atoms with Crippen LogP contribution >= 0.6 is 0 Å². The van der Waals surface area contributed by atoms with Gasteiger partial charge in [-0.25, -0.2) is 0 Å². The van der Waals surface area contributed by atoms with Gasteiger partial charge in [0.15, 0.2) is 11.5 Å². The summed E-state index contributed by atoms with van der Waals surface area (Å²) in [6.45, 7) is 1.36. The molecule has 2 heterocycles. The first-order valence-corrected chi connectivity index (χ1v) is 8.71. The number of hydrogen-bond donors (Lipinski definition) is 1.